The first-order valence-electron chi connectivity index (χ1n) is 6.62. The Hall–Kier alpha value is -2.35. The molecule has 0 amide bonds. The van der Waals surface area contributed by atoms with Crippen molar-refractivity contribution in [2.24, 2.45) is 0 Å². The van der Waals surface area contributed by atoms with Gasteiger partial charge in [0.1, 0.15) is 5.52 Å². The first-order valence-corrected chi connectivity index (χ1v) is 7.19. The molecule has 0 atom stereocenters. The lowest BCUT2D eigenvalue weighted by Gasteiger charge is -2.07. The van der Waals surface area contributed by atoms with Gasteiger partial charge in [-0.1, -0.05) is 18.2 Å². The average Bonchev–Trinajstić information content (AvgIpc) is 2.90. The van der Waals surface area contributed by atoms with Crippen LogP contribution in [0.2, 0.25) is 0 Å². The van der Waals surface area contributed by atoms with Gasteiger partial charge < -0.3 is 8.36 Å². The SMILES string of the molecule is [AlH][O]c1nccc2c1c1ncccc1n2-c1ccccc1. The van der Waals surface area contributed by atoms with Crippen LogP contribution in [0.5, 0.6) is 5.88 Å². The molecular weight excluding hydrogens is 277 g/mol. The minimum atomic E-state index is 0.615. The van der Waals surface area contributed by atoms with Crippen LogP contribution in [0.4, 0.5) is 0 Å². The van der Waals surface area contributed by atoms with Gasteiger partial charge in [-0.05, 0) is 30.3 Å². The molecule has 0 aliphatic heterocycles. The highest BCUT2D eigenvalue weighted by Gasteiger charge is 2.16. The van der Waals surface area contributed by atoms with E-state index in [1.54, 1.807) is 12.4 Å². The van der Waals surface area contributed by atoms with Gasteiger partial charge >= 0.3 is 16.6 Å². The third-order valence-electron chi connectivity index (χ3n) is 3.55. The number of para-hydroxylation sites is 1. The maximum atomic E-state index is 5.45. The first kappa shape index (κ1) is 12.4. The zero-order valence-electron chi connectivity index (χ0n) is 11.2. The summed E-state index contributed by atoms with van der Waals surface area (Å²) in [5, 5.41) is 0.951. The zero-order chi connectivity index (χ0) is 14.2. The topological polar surface area (TPSA) is 39.9 Å². The minimum Gasteiger partial charge on any atom is -0.636 e. The summed E-state index contributed by atoms with van der Waals surface area (Å²) in [5.74, 6) is 0.615. The fraction of sp³-hybridized carbons (Fsp3) is 0. The third kappa shape index (κ3) is 1.83. The van der Waals surface area contributed by atoms with Gasteiger partial charge in [0, 0.05) is 18.1 Å². The van der Waals surface area contributed by atoms with E-state index >= 15 is 0 Å². The van der Waals surface area contributed by atoms with Crippen molar-refractivity contribution in [3.63, 3.8) is 0 Å². The molecule has 0 aliphatic rings. The number of hydrogen-bond donors (Lipinski definition) is 0. The summed E-state index contributed by atoms with van der Waals surface area (Å²) >= 11 is 1.43. The van der Waals surface area contributed by atoms with Crippen molar-refractivity contribution in [3.8, 4) is 11.6 Å². The molecule has 0 spiro atoms. The molecule has 5 heteroatoms. The number of benzene rings is 1. The molecule has 0 saturated heterocycles. The van der Waals surface area contributed by atoms with Crippen LogP contribution in [0.25, 0.3) is 27.6 Å². The molecule has 0 unspecified atom stereocenters. The Bertz CT molecular complexity index is 934. The van der Waals surface area contributed by atoms with E-state index in [2.05, 4.69) is 32.7 Å². The normalized spacial score (nSPS) is 11.0. The van der Waals surface area contributed by atoms with Crippen LogP contribution in [-0.2, 0) is 0 Å². The second kappa shape index (κ2) is 4.89. The summed E-state index contributed by atoms with van der Waals surface area (Å²) in [4.78, 5) is 8.84. The number of fused-ring (bicyclic) bond motifs is 3. The van der Waals surface area contributed by atoms with Crippen molar-refractivity contribution in [2.75, 3.05) is 0 Å². The van der Waals surface area contributed by atoms with Crippen LogP contribution >= 0.6 is 0 Å². The molecule has 3 aromatic heterocycles. The molecule has 0 bridgehead atoms. The molecule has 4 nitrogen and oxygen atoms in total. The Morgan fingerprint density at radius 2 is 1.71 bits per heavy atom. The molecule has 3 heterocycles. The van der Waals surface area contributed by atoms with Gasteiger partial charge in [0.05, 0.1) is 16.4 Å². The number of rotatable bonds is 2. The Morgan fingerprint density at radius 1 is 0.857 bits per heavy atom. The van der Waals surface area contributed by atoms with Crippen LogP contribution in [0.3, 0.4) is 0 Å². The van der Waals surface area contributed by atoms with Crippen LogP contribution in [0.15, 0.2) is 60.9 Å². The van der Waals surface area contributed by atoms with Crippen molar-refractivity contribution in [1.29, 1.82) is 0 Å². The van der Waals surface area contributed by atoms with Gasteiger partial charge in [-0.25, -0.2) is 4.98 Å². The molecule has 0 saturated carbocycles. The fourth-order valence-electron chi connectivity index (χ4n) is 2.71. The van der Waals surface area contributed by atoms with E-state index in [1.807, 2.05) is 30.3 Å². The molecule has 99 valence electrons. The summed E-state index contributed by atoms with van der Waals surface area (Å²) in [6.45, 7) is 0. The van der Waals surface area contributed by atoms with Gasteiger partial charge in [-0.15, -0.1) is 0 Å². The Labute approximate surface area is 129 Å². The smallest absolute Gasteiger partial charge is 0.495 e. The largest absolute Gasteiger partial charge is 0.636 e. The van der Waals surface area contributed by atoms with Crippen molar-refractivity contribution in [2.45, 2.75) is 0 Å². The van der Waals surface area contributed by atoms with Gasteiger partial charge in [0.15, 0.2) is 5.88 Å². The molecular formula is C16H11AlN3O. The van der Waals surface area contributed by atoms with Crippen LogP contribution < -0.4 is 3.79 Å². The summed E-state index contributed by atoms with van der Waals surface area (Å²) in [5.41, 5.74) is 4.10. The molecule has 21 heavy (non-hydrogen) atoms. The van der Waals surface area contributed by atoms with Crippen molar-refractivity contribution < 1.29 is 3.79 Å². The third-order valence-corrected chi connectivity index (χ3v) is 3.82. The van der Waals surface area contributed by atoms with E-state index in [9.17, 15) is 0 Å². The lowest BCUT2D eigenvalue weighted by atomic mass is 10.3. The van der Waals surface area contributed by atoms with Crippen LogP contribution in [0, 0.1) is 0 Å². The van der Waals surface area contributed by atoms with Crippen molar-refractivity contribution >= 4 is 38.6 Å². The average molecular weight is 288 g/mol. The van der Waals surface area contributed by atoms with E-state index in [0.29, 0.717) is 5.88 Å². The second-order valence-corrected chi connectivity index (χ2v) is 4.99. The predicted octanol–water partition coefficient (Wildman–Crippen LogP) is 2.77. The molecule has 1 radical (unpaired) electrons. The summed E-state index contributed by atoms with van der Waals surface area (Å²) in [6.07, 6.45) is 3.57. The van der Waals surface area contributed by atoms with Gasteiger partial charge in [-0.3, -0.25) is 4.98 Å². The Kier molecular flexibility index (Phi) is 2.88. The highest BCUT2D eigenvalue weighted by Crippen LogP contribution is 2.34. The summed E-state index contributed by atoms with van der Waals surface area (Å²) in [7, 11) is 0. The Balaban J connectivity index is 2.23. The van der Waals surface area contributed by atoms with Crippen LogP contribution in [-0.4, -0.2) is 31.2 Å². The van der Waals surface area contributed by atoms with E-state index in [0.717, 1.165) is 27.6 Å². The van der Waals surface area contributed by atoms with Gasteiger partial charge in [0.25, 0.3) is 0 Å². The number of hydrogen-bond acceptors (Lipinski definition) is 3. The number of nitrogens with zero attached hydrogens (tertiary/aromatic N) is 3. The maximum absolute atomic E-state index is 5.45. The minimum absolute atomic E-state index is 0.615. The van der Waals surface area contributed by atoms with E-state index in [1.165, 1.54) is 16.6 Å². The quantitative estimate of drug-likeness (QED) is 0.532. The highest BCUT2D eigenvalue weighted by atomic mass is 27.1. The monoisotopic (exact) mass is 288 g/mol. The van der Waals surface area contributed by atoms with Crippen LogP contribution in [0.1, 0.15) is 0 Å². The molecule has 4 aromatic rings. The standard InChI is InChI=1S/C16H11N3O.Al.H/c20-16-14-12(8-10-18-16)19(11-5-2-1-3-6-11)13-7-4-9-17-15(13)14;;/h1-10H,(H,18,20);;/q;+1;/p-1. The summed E-state index contributed by atoms with van der Waals surface area (Å²) in [6, 6.07) is 16.3. The van der Waals surface area contributed by atoms with E-state index in [4.69, 9.17) is 3.79 Å². The molecule has 0 fully saturated rings. The molecule has 0 aliphatic carbocycles. The lowest BCUT2D eigenvalue weighted by Crippen LogP contribution is -1.94. The molecule has 1 aromatic carbocycles. The zero-order valence-corrected chi connectivity index (χ0v) is 12.6. The second-order valence-electron chi connectivity index (χ2n) is 4.70. The first-order chi connectivity index (χ1) is 10.4. The van der Waals surface area contributed by atoms with Gasteiger partial charge in [-0.2, -0.15) is 0 Å². The summed E-state index contributed by atoms with van der Waals surface area (Å²) < 4.78 is 7.63. The fourth-order valence-corrected chi connectivity index (χ4v) is 2.93. The predicted molar refractivity (Wildman–Crippen MR) is 84.1 cm³/mol. The molecule has 0 N–H and O–H groups in total. The van der Waals surface area contributed by atoms with Crippen molar-refractivity contribution in [3.05, 3.63) is 60.9 Å². The van der Waals surface area contributed by atoms with Crippen molar-refractivity contribution in [1.82, 2.24) is 14.5 Å². The molecule has 4 rings (SSSR count). The lowest BCUT2D eigenvalue weighted by molar-refractivity contribution is 0.597. The van der Waals surface area contributed by atoms with Gasteiger partial charge in [0.2, 0.25) is 0 Å². The Morgan fingerprint density at radius 3 is 2.52 bits per heavy atom. The maximum Gasteiger partial charge on any atom is 0.495 e. The van der Waals surface area contributed by atoms with E-state index < -0.39 is 0 Å². The number of pyridine rings is 2. The highest BCUT2D eigenvalue weighted by molar-refractivity contribution is 6.11. The van der Waals surface area contributed by atoms with E-state index in [-0.39, 0.29) is 0 Å². The number of aromatic nitrogens is 3.